The SMILES string of the molecule is CN(C)Cc1ccccc1-c1csc([C@@H](N)Nc2nncc3ccc(N4CCOCC4)cc23)c1. The van der Waals surface area contributed by atoms with Crippen molar-refractivity contribution in [3.8, 4) is 11.1 Å². The van der Waals surface area contributed by atoms with E-state index in [2.05, 4.69) is 93.3 Å². The van der Waals surface area contributed by atoms with Crippen LogP contribution >= 0.6 is 11.3 Å². The number of aromatic nitrogens is 2. The normalized spacial score (nSPS) is 15.1. The van der Waals surface area contributed by atoms with Gasteiger partial charge in [0.1, 0.15) is 6.17 Å². The Hall–Kier alpha value is -3.04. The summed E-state index contributed by atoms with van der Waals surface area (Å²) in [5.41, 5.74) is 11.5. The molecule has 1 aliphatic rings. The fourth-order valence-electron chi connectivity index (χ4n) is 4.35. The third kappa shape index (κ3) is 4.90. The van der Waals surface area contributed by atoms with Gasteiger partial charge < -0.3 is 25.6 Å². The van der Waals surface area contributed by atoms with Crippen LogP contribution in [0.15, 0.2) is 60.1 Å². The molecule has 176 valence electrons. The highest BCUT2D eigenvalue weighted by atomic mass is 32.1. The first-order valence-corrected chi connectivity index (χ1v) is 12.4. The van der Waals surface area contributed by atoms with Gasteiger partial charge >= 0.3 is 0 Å². The minimum absolute atomic E-state index is 0.383. The Bertz CT molecular complexity index is 1270. The summed E-state index contributed by atoms with van der Waals surface area (Å²) >= 11 is 1.66. The fourth-order valence-corrected chi connectivity index (χ4v) is 5.20. The third-order valence-electron chi connectivity index (χ3n) is 6.06. The molecular weight excluding hydrogens is 444 g/mol. The van der Waals surface area contributed by atoms with E-state index in [1.165, 1.54) is 16.7 Å². The average molecular weight is 475 g/mol. The molecule has 4 aromatic rings. The number of morpholine rings is 1. The van der Waals surface area contributed by atoms with Gasteiger partial charge in [-0.1, -0.05) is 30.3 Å². The number of nitrogens with zero attached hydrogens (tertiary/aromatic N) is 4. The maximum absolute atomic E-state index is 6.61. The molecule has 3 N–H and O–H groups in total. The zero-order chi connectivity index (χ0) is 23.5. The summed E-state index contributed by atoms with van der Waals surface area (Å²) in [4.78, 5) is 5.57. The highest BCUT2D eigenvalue weighted by molar-refractivity contribution is 7.10. The van der Waals surface area contributed by atoms with Crippen LogP contribution in [0.4, 0.5) is 11.5 Å². The molecule has 0 bridgehead atoms. The first kappa shape index (κ1) is 22.7. The molecule has 1 atom stereocenters. The molecule has 0 spiro atoms. The maximum Gasteiger partial charge on any atom is 0.158 e. The third-order valence-corrected chi connectivity index (χ3v) is 7.07. The van der Waals surface area contributed by atoms with E-state index >= 15 is 0 Å². The number of hydrogen-bond acceptors (Lipinski definition) is 8. The Morgan fingerprint density at radius 1 is 1.15 bits per heavy atom. The first-order valence-electron chi connectivity index (χ1n) is 11.5. The van der Waals surface area contributed by atoms with Crippen LogP contribution in [0.25, 0.3) is 21.9 Å². The largest absolute Gasteiger partial charge is 0.378 e. The molecular formula is C26H30N6OS. The number of ether oxygens (including phenoxy) is 1. The lowest BCUT2D eigenvalue weighted by molar-refractivity contribution is 0.122. The van der Waals surface area contributed by atoms with Gasteiger partial charge in [-0.05, 0) is 54.4 Å². The number of anilines is 2. The predicted octanol–water partition coefficient (Wildman–Crippen LogP) is 4.33. The van der Waals surface area contributed by atoms with Gasteiger partial charge in [0.2, 0.25) is 0 Å². The summed E-state index contributed by atoms with van der Waals surface area (Å²) in [6.45, 7) is 4.17. The van der Waals surface area contributed by atoms with Gasteiger partial charge in [-0.15, -0.1) is 16.4 Å². The summed E-state index contributed by atoms with van der Waals surface area (Å²) in [5.74, 6) is 0.697. The average Bonchev–Trinajstić information content (AvgIpc) is 3.35. The Morgan fingerprint density at radius 2 is 1.97 bits per heavy atom. The number of hydrogen-bond donors (Lipinski definition) is 2. The molecule has 0 amide bonds. The number of thiophene rings is 1. The second kappa shape index (κ2) is 10.1. The number of fused-ring (bicyclic) bond motifs is 1. The Kier molecular flexibility index (Phi) is 6.73. The van der Waals surface area contributed by atoms with E-state index in [9.17, 15) is 0 Å². The molecule has 1 aliphatic heterocycles. The molecule has 1 fully saturated rings. The highest BCUT2D eigenvalue weighted by Crippen LogP contribution is 2.33. The number of rotatable bonds is 7. The van der Waals surface area contributed by atoms with Crippen LogP contribution in [0.2, 0.25) is 0 Å². The minimum Gasteiger partial charge on any atom is -0.378 e. The number of benzene rings is 2. The van der Waals surface area contributed by atoms with Gasteiger partial charge in [-0.25, -0.2) is 0 Å². The van der Waals surface area contributed by atoms with E-state index in [1.54, 1.807) is 17.5 Å². The van der Waals surface area contributed by atoms with E-state index in [0.29, 0.717) is 5.82 Å². The lowest BCUT2D eigenvalue weighted by Gasteiger charge is -2.29. The van der Waals surface area contributed by atoms with Crippen molar-refractivity contribution in [3.05, 3.63) is 70.5 Å². The van der Waals surface area contributed by atoms with Crippen molar-refractivity contribution in [2.75, 3.05) is 50.6 Å². The van der Waals surface area contributed by atoms with E-state index in [1.807, 2.05) is 0 Å². The summed E-state index contributed by atoms with van der Waals surface area (Å²) in [6.07, 6.45) is 1.41. The zero-order valence-electron chi connectivity index (χ0n) is 19.6. The van der Waals surface area contributed by atoms with Gasteiger partial charge in [0, 0.05) is 41.0 Å². The predicted molar refractivity (Wildman–Crippen MR) is 140 cm³/mol. The van der Waals surface area contributed by atoms with Gasteiger partial charge in [0.15, 0.2) is 5.82 Å². The van der Waals surface area contributed by atoms with Crippen molar-refractivity contribution in [2.24, 2.45) is 5.73 Å². The maximum atomic E-state index is 6.61. The second-order valence-electron chi connectivity index (χ2n) is 8.82. The minimum atomic E-state index is -0.383. The summed E-state index contributed by atoms with van der Waals surface area (Å²) in [7, 11) is 4.18. The standard InChI is InChI=1S/C26H30N6OS/c1-31(2)16-19-5-3-4-6-22(19)20-13-24(34-17-20)25(27)29-26-23-14-21(32-9-11-33-12-10-32)8-7-18(23)15-28-30-26/h3-8,13-15,17,25H,9-12,16,27H2,1-2H3,(H,29,30)/t25-/m0/s1. The van der Waals surface area contributed by atoms with Gasteiger partial charge in [-0.3, -0.25) is 0 Å². The van der Waals surface area contributed by atoms with Crippen molar-refractivity contribution in [1.82, 2.24) is 15.1 Å². The molecule has 1 saturated heterocycles. The Morgan fingerprint density at radius 3 is 2.79 bits per heavy atom. The fraction of sp³-hybridized carbons (Fsp3) is 0.308. The second-order valence-corrected chi connectivity index (χ2v) is 9.76. The molecule has 34 heavy (non-hydrogen) atoms. The molecule has 5 rings (SSSR count). The van der Waals surface area contributed by atoms with E-state index in [4.69, 9.17) is 10.5 Å². The van der Waals surface area contributed by atoms with Gasteiger partial charge in [0.25, 0.3) is 0 Å². The molecule has 0 unspecified atom stereocenters. The zero-order valence-corrected chi connectivity index (χ0v) is 20.4. The van der Waals surface area contributed by atoms with E-state index < -0.39 is 0 Å². The monoisotopic (exact) mass is 474 g/mol. The molecule has 0 radical (unpaired) electrons. The number of nitrogens with two attached hydrogens (primary N) is 1. The van der Waals surface area contributed by atoms with Crippen LogP contribution in [0, 0.1) is 0 Å². The highest BCUT2D eigenvalue weighted by Gasteiger charge is 2.16. The molecule has 8 heteroatoms. The lowest BCUT2D eigenvalue weighted by Crippen LogP contribution is -2.36. The number of nitrogens with one attached hydrogen (secondary N) is 1. The smallest absolute Gasteiger partial charge is 0.158 e. The van der Waals surface area contributed by atoms with Crippen LogP contribution in [-0.4, -0.2) is 55.5 Å². The Labute approximate surface area is 204 Å². The quantitative estimate of drug-likeness (QED) is 0.386. The van der Waals surface area contributed by atoms with Crippen LogP contribution in [0.1, 0.15) is 16.6 Å². The molecule has 0 aliphatic carbocycles. The van der Waals surface area contributed by atoms with Crippen molar-refractivity contribution in [3.63, 3.8) is 0 Å². The summed E-state index contributed by atoms with van der Waals surface area (Å²) in [5, 5.41) is 16.2. The Balaban J connectivity index is 1.39. The topological polar surface area (TPSA) is 79.5 Å². The van der Waals surface area contributed by atoms with Gasteiger partial charge in [0.05, 0.1) is 19.4 Å². The molecule has 2 aromatic heterocycles. The van der Waals surface area contributed by atoms with Crippen LogP contribution in [0.5, 0.6) is 0 Å². The molecule has 2 aromatic carbocycles. The summed E-state index contributed by atoms with van der Waals surface area (Å²) < 4.78 is 5.50. The van der Waals surface area contributed by atoms with Crippen LogP contribution < -0.4 is 16.0 Å². The molecule has 0 saturated carbocycles. The van der Waals surface area contributed by atoms with Crippen molar-refractivity contribution in [2.45, 2.75) is 12.7 Å². The van der Waals surface area contributed by atoms with Gasteiger partial charge in [-0.2, -0.15) is 5.10 Å². The first-order chi connectivity index (χ1) is 16.6. The lowest BCUT2D eigenvalue weighted by atomic mass is 10.0. The van der Waals surface area contributed by atoms with Crippen molar-refractivity contribution < 1.29 is 4.74 Å². The molecule has 7 nitrogen and oxygen atoms in total. The van der Waals surface area contributed by atoms with Crippen LogP contribution in [0.3, 0.4) is 0 Å². The summed E-state index contributed by atoms with van der Waals surface area (Å²) in [6, 6.07) is 17.1. The molecule has 3 heterocycles. The van der Waals surface area contributed by atoms with Crippen molar-refractivity contribution >= 4 is 33.6 Å². The van der Waals surface area contributed by atoms with E-state index in [-0.39, 0.29) is 6.17 Å². The van der Waals surface area contributed by atoms with Crippen molar-refractivity contribution in [1.29, 1.82) is 0 Å². The van der Waals surface area contributed by atoms with Crippen LogP contribution in [-0.2, 0) is 11.3 Å². The van der Waals surface area contributed by atoms with E-state index in [0.717, 1.165) is 54.2 Å².